The minimum atomic E-state index is -0.0951. The molecule has 0 unspecified atom stereocenters. The predicted molar refractivity (Wildman–Crippen MR) is 102 cm³/mol. The van der Waals surface area contributed by atoms with Crippen molar-refractivity contribution >= 4 is 23.2 Å². The molecule has 0 saturated carbocycles. The smallest absolute Gasteiger partial charge is 0.282 e. The van der Waals surface area contributed by atoms with Gasteiger partial charge in [0.1, 0.15) is 5.69 Å². The molecule has 0 N–H and O–H groups in total. The first-order chi connectivity index (χ1) is 13.1. The quantitative estimate of drug-likeness (QED) is 0.791. The van der Waals surface area contributed by atoms with Crippen molar-refractivity contribution in [2.45, 2.75) is 39.0 Å². The first-order valence-corrected chi connectivity index (χ1v) is 10.3. The van der Waals surface area contributed by atoms with Crippen LogP contribution in [0.15, 0.2) is 12.4 Å². The lowest BCUT2D eigenvalue weighted by Crippen LogP contribution is -2.35. The summed E-state index contributed by atoms with van der Waals surface area (Å²) in [4.78, 5) is 43.2. The number of rotatable bonds is 2. The first-order valence-electron chi connectivity index (χ1n) is 9.47. The van der Waals surface area contributed by atoms with E-state index in [1.807, 2.05) is 11.8 Å². The number of fused-ring (bicyclic) bond motifs is 1. The third-order valence-electron chi connectivity index (χ3n) is 5.12. The van der Waals surface area contributed by atoms with Crippen molar-refractivity contribution in [3.63, 3.8) is 0 Å². The number of carbonyl (C=O) groups is 2. The molecule has 27 heavy (non-hydrogen) atoms. The molecule has 4 rings (SSSR count). The van der Waals surface area contributed by atoms with Gasteiger partial charge in [-0.25, -0.2) is 9.97 Å². The number of nitrogens with zero attached hydrogens (tertiary/aromatic N) is 5. The molecule has 0 spiro atoms. The second kappa shape index (κ2) is 7.72. The zero-order valence-corrected chi connectivity index (χ0v) is 16.3. The van der Waals surface area contributed by atoms with E-state index in [0.717, 1.165) is 48.6 Å². The maximum atomic E-state index is 12.7. The van der Waals surface area contributed by atoms with E-state index in [1.165, 1.54) is 24.0 Å². The Morgan fingerprint density at radius 1 is 0.926 bits per heavy atom. The molecular weight excluding hydrogens is 362 g/mol. The molecule has 2 amide bonds. The number of hydrogen-bond donors (Lipinski definition) is 0. The molecule has 2 aliphatic heterocycles. The highest BCUT2D eigenvalue weighted by Crippen LogP contribution is 2.25. The molecule has 0 bridgehead atoms. The van der Waals surface area contributed by atoms with E-state index in [9.17, 15) is 9.59 Å². The maximum absolute atomic E-state index is 12.7. The fourth-order valence-corrected chi connectivity index (χ4v) is 4.62. The molecular formula is C19H23N5O2S. The Bertz CT molecular complexity index is 817. The van der Waals surface area contributed by atoms with Crippen LogP contribution in [0.4, 0.5) is 0 Å². The lowest BCUT2D eigenvalue weighted by atomic mass is 10.1. The zero-order valence-electron chi connectivity index (χ0n) is 15.5. The van der Waals surface area contributed by atoms with Crippen LogP contribution in [0.5, 0.6) is 0 Å². The molecule has 2 aromatic heterocycles. The zero-order chi connectivity index (χ0) is 18.8. The van der Waals surface area contributed by atoms with Crippen molar-refractivity contribution in [1.29, 1.82) is 0 Å². The summed E-state index contributed by atoms with van der Waals surface area (Å²) >= 11 is 1.49. The fraction of sp³-hybridized carbons (Fsp3) is 0.526. The van der Waals surface area contributed by atoms with Gasteiger partial charge in [-0.2, -0.15) is 0 Å². The second-order valence-electron chi connectivity index (χ2n) is 7.08. The van der Waals surface area contributed by atoms with E-state index in [1.54, 1.807) is 11.1 Å². The fourth-order valence-electron chi connectivity index (χ4n) is 3.56. The summed E-state index contributed by atoms with van der Waals surface area (Å²) in [6.07, 6.45) is 7.91. The number of aryl methyl sites for hydroxylation is 1. The Hall–Kier alpha value is -2.35. The monoisotopic (exact) mass is 385 g/mol. The first kappa shape index (κ1) is 18.0. The number of aromatic nitrogens is 3. The highest BCUT2D eigenvalue weighted by Gasteiger charge is 2.27. The van der Waals surface area contributed by atoms with E-state index in [-0.39, 0.29) is 11.8 Å². The number of likely N-dealkylation sites (tertiary alicyclic amines) is 1. The summed E-state index contributed by atoms with van der Waals surface area (Å²) in [5, 5.41) is 0.603. The number of amides is 2. The maximum Gasteiger partial charge on any atom is 0.282 e. The number of hydrogen-bond acceptors (Lipinski definition) is 6. The summed E-state index contributed by atoms with van der Waals surface area (Å²) in [5.41, 5.74) is 2.13. The second-order valence-corrected chi connectivity index (χ2v) is 8.16. The molecule has 0 atom stereocenters. The van der Waals surface area contributed by atoms with Gasteiger partial charge in [0.25, 0.3) is 11.8 Å². The van der Waals surface area contributed by atoms with Gasteiger partial charge in [0.2, 0.25) is 0 Å². The average Bonchev–Trinajstić information content (AvgIpc) is 3.01. The number of thiazole rings is 1. The van der Waals surface area contributed by atoms with Crippen LogP contribution in [0, 0.1) is 6.92 Å². The highest BCUT2D eigenvalue weighted by molar-refractivity contribution is 7.13. The third-order valence-corrected chi connectivity index (χ3v) is 6.26. The van der Waals surface area contributed by atoms with Crippen LogP contribution in [0.3, 0.4) is 0 Å². The van der Waals surface area contributed by atoms with Crippen molar-refractivity contribution in [2.75, 3.05) is 26.2 Å². The Kier molecular flexibility index (Phi) is 5.15. The Labute approximate surface area is 162 Å². The van der Waals surface area contributed by atoms with Crippen molar-refractivity contribution in [1.82, 2.24) is 24.8 Å². The van der Waals surface area contributed by atoms with Crippen LogP contribution in [-0.4, -0.2) is 62.7 Å². The molecule has 1 saturated heterocycles. The summed E-state index contributed by atoms with van der Waals surface area (Å²) in [6.45, 7) is 4.72. The molecule has 1 fully saturated rings. The van der Waals surface area contributed by atoms with Gasteiger partial charge in [0, 0.05) is 50.1 Å². The lowest BCUT2D eigenvalue weighted by Gasteiger charge is -2.25. The van der Waals surface area contributed by atoms with Gasteiger partial charge in [0.05, 0.1) is 17.6 Å². The van der Waals surface area contributed by atoms with Crippen LogP contribution in [-0.2, 0) is 12.8 Å². The minimum absolute atomic E-state index is 0.0654. The molecule has 142 valence electrons. The van der Waals surface area contributed by atoms with Crippen LogP contribution < -0.4 is 0 Å². The molecule has 7 nitrogen and oxygen atoms in total. The molecule has 0 aliphatic carbocycles. The van der Waals surface area contributed by atoms with Crippen LogP contribution in [0.1, 0.15) is 55.8 Å². The number of carbonyl (C=O) groups excluding carboxylic acids is 2. The van der Waals surface area contributed by atoms with Crippen LogP contribution in [0.25, 0.3) is 0 Å². The van der Waals surface area contributed by atoms with Gasteiger partial charge in [-0.15, -0.1) is 11.3 Å². The van der Waals surface area contributed by atoms with Crippen molar-refractivity contribution < 1.29 is 9.59 Å². The standard InChI is InChI=1S/C19H23N5O2S/c1-13-11-21-15(12-20-13)18(25)24-9-5-14-16(6-10-24)27-17(22-14)19(26)23-7-3-2-4-8-23/h11-12H,2-10H2,1H3. The predicted octanol–water partition coefficient (Wildman–Crippen LogP) is 2.11. The van der Waals surface area contributed by atoms with Gasteiger partial charge in [-0.05, 0) is 26.2 Å². The van der Waals surface area contributed by atoms with Crippen LogP contribution in [0.2, 0.25) is 0 Å². The number of piperidine rings is 1. The molecule has 0 aromatic carbocycles. The lowest BCUT2D eigenvalue weighted by molar-refractivity contribution is 0.0720. The summed E-state index contributed by atoms with van der Waals surface area (Å²) in [7, 11) is 0. The third kappa shape index (κ3) is 3.85. The van der Waals surface area contributed by atoms with E-state index >= 15 is 0 Å². The van der Waals surface area contributed by atoms with E-state index in [2.05, 4.69) is 15.0 Å². The van der Waals surface area contributed by atoms with Crippen molar-refractivity contribution in [2.24, 2.45) is 0 Å². The van der Waals surface area contributed by atoms with Gasteiger partial charge in [-0.3, -0.25) is 14.6 Å². The van der Waals surface area contributed by atoms with Gasteiger partial charge >= 0.3 is 0 Å². The summed E-state index contributed by atoms with van der Waals surface area (Å²) in [5.74, 6) is -0.0297. The van der Waals surface area contributed by atoms with Gasteiger partial charge in [0.15, 0.2) is 5.01 Å². The molecule has 2 aliphatic rings. The van der Waals surface area contributed by atoms with Gasteiger partial charge in [-0.1, -0.05) is 0 Å². The summed E-state index contributed by atoms with van der Waals surface area (Å²) < 4.78 is 0. The SMILES string of the molecule is Cc1cnc(C(=O)N2CCc3nc(C(=O)N4CCCCC4)sc3CC2)cn1. The molecule has 8 heteroatoms. The van der Waals surface area contributed by atoms with E-state index in [0.29, 0.717) is 30.2 Å². The minimum Gasteiger partial charge on any atom is -0.337 e. The molecule has 2 aromatic rings. The Morgan fingerprint density at radius 3 is 2.41 bits per heavy atom. The highest BCUT2D eigenvalue weighted by atomic mass is 32.1. The Morgan fingerprint density at radius 2 is 1.67 bits per heavy atom. The largest absolute Gasteiger partial charge is 0.337 e. The normalized spacial score (nSPS) is 17.4. The van der Waals surface area contributed by atoms with Crippen LogP contribution >= 0.6 is 11.3 Å². The Balaban J connectivity index is 1.43. The molecule has 4 heterocycles. The van der Waals surface area contributed by atoms with E-state index in [4.69, 9.17) is 0 Å². The average molecular weight is 385 g/mol. The summed E-state index contributed by atoms with van der Waals surface area (Å²) in [6, 6.07) is 0. The molecule has 0 radical (unpaired) electrons. The van der Waals surface area contributed by atoms with Crippen molar-refractivity contribution in [3.05, 3.63) is 39.4 Å². The van der Waals surface area contributed by atoms with Gasteiger partial charge < -0.3 is 9.80 Å². The topological polar surface area (TPSA) is 79.3 Å². The van der Waals surface area contributed by atoms with Crippen molar-refractivity contribution in [3.8, 4) is 0 Å². The van der Waals surface area contributed by atoms with E-state index < -0.39 is 0 Å².